The Balaban J connectivity index is 1.64. The first-order valence-electron chi connectivity index (χ1n) is 12.2. The van der Waals surface area contributed by atoms with Crippen molar-refractivity contribution in [3.05, 3.63) is 53.6 Å². The summed E-state index contributed by atoms with van der Waals surface area (Å²) in [4.78, 5) is 30.7. The first-order valence-corrected chi connectivity index (χ1v) is 12.2. The molecule has 0 bridgehead atoms. The number of ether oxygens (including phenoxy) is 1. The largest absolute Gasteiger partial charge is 0.494 e. The first kappa shape index (κ1) is 25.6. The van der Waals surface area contributed by atoms with Crippen molar-refractivity contribution in [1.29, 1.82) is 0 Å². The number of carbonyl (C=O) groups is 2. The van der Waals surface area contributed by atoms with Crippen LogP contribution in [0, 0.1) is 12.8 Å². The molecule has 2 N–H and O–H groups in total. The van der Waals surface area contributed by atoms with E-state index in [0.29, 0.717) is 17.9 Å². The van der Waals surface area contributed by atoms with E-state index in [2.05, 4.69) is 39.5 Å². The van der Waals surface area contributed by atoms with Crippen LogP contribution >= 0.6 is 0 Å². The van der Waals surface area contributed by atoms with Crippen LogP contribution in [0.5, 0.6) is 5.75 Å². The minimum absolute atomic E-state index is 0.0684. The standard InChI is InChI=1S/C27H38N4O3/c1-6-30-14-16-31(17-15-30)22-10-13-24(20(5)18-22)28-27(33)25(19(3)4)29-26(32)21-8-11-23(12-9-21)34-7-2/h8-13,18-19,25H,6-7,14-17H2,1-5H3,(H,28,33)(H,29,32). The highest BCUT2D eigenvalue weighted by atomic mass is 16.5. The van der Waals surface area contributed by atoms with Crippen LogP contribution < -0.4 is 20.3 Å². The van der Waals surface area contributed by atoms with Crippen molar-refractivity contribution < 1.29 is 14.3 Å². The third kappa shape index (κ3) is 6.50. The molecule has 2 amide bonds. The van der Waals surface area contributed by atoms with E-state index in [4.69, 9.17) is 4.74 Å². The fraction of sp³-hybridized carbons (Fsp3) is 0.481. The molecule has 1 heterocycles. The molecule has 1 unspecified atom stereocenters. The van der Waals surface area contributed by atoms with Crippen molar-refractivity contribution in [1.82, 2.24) is 10.2 Å². The molecule has 2 aromatic carbocycles. The van der Waals surface area contributed by atoms with Crippen molar-refractivity contribution >= 4 is 23.2 Å². The number of rotatable bonds is 9. The number of hydrogen-bond donors (Lipinski definition) is 2. The van der Waals surface area contributed by atoms with Gasteiger partial charge >= 0.3 is 0 Å². The zero-order valence-electron chi connectivity index (χ0n) is 21.1. The van der Waals surface area contributed by atoms with Crippen molar-refractivity contribution in [2.24, 2.45) is 5.92 Å². The summed E-state index contributed by atoms with van der Waals surface area (Å²) in [6.07, 6.45) is 0. The normalized spacial score (nSPS) is 15.2. The fourth-order valence-electron chi connectivity index (χ4n) is 4.15. The van der Waals surface area contributed by atoms with Crippen LogP contribution in [-0.4, -0.2) is 62.1 Å². The number of aryl methyl sites for hydroxylation is 1. The van der Waals surface area contributed by atoms with E-state index in [1.165, 1.54) is 5.69 Å². The number of carbonyl (C=O) groups excluding carboxylic acids is 2. The molecule has 0 saturated carbocycles. The Kier molecular flexibility index (Phi) is 8.93. The maximum absolute atomic E-state index is 13.1. The molecule has 1 aliphatic rings. The number of likely N-dealkylation sites (N-methyl/N-ethyl adjacent to an activating group) is 1. The van der Waals surface area contributed by atoms with Gasteiger partial charge in [0.05, 0.1) is 6.61 Å². The van der Waals surface area contributed by atoms with Crippen molar-refractivity contribution in [2.75, 3.05) is 49.5 Å². The van der Waals surface area contributed by atoms with Gasteiger partial charge in [0.2, 0.25) is 5.91 Å². The lowest BCUT2D eigenvalue weighted by Crippen LogP contribution is -2.47. The van der Waals surface area contributed by atoms with Gasteiger partial charge in [0.1, 0.15) is 11.8 Å². The number of hydrogen-bond acceptors (Lipinski definition) is 5. The summed E-state index contributed by atoms with van der Waals surface area (Å²) in [7, 11) is 0. The van der Waals surface area contributed by atoms with Crippen molar-refractivity contribution in [3.8, 4) is 5.75 Å². The van der Waals surface area contributed by atoms with Gasteiger partial charge in [0.25, 0.3) is 5.91 Å². The maximum atomic E-state index is 13.1. The van der Waals surface area contributed by atoms with E-state index in [1.807, 2.05) is 33.8 Å². The third-order valence-corrected chi connectivity index (χ3v) is 6.32. The Hall–Kier alpha value is -3.06. The van der Waals surface area contributed by atoms with Gasteiger partial charge in [0.15, 0.2) is 0 Å². The molecule has 1 saturated heterocycles. The SMILES string of the molecule is CCOc1ccc(C(=O)NC(C(=O)Nc2ccc(N3CCN(CC)CC3)cc2C)C(C)C)cc1. The molecule has 7 heteroatoms. The second kappa shape index (κ2) is 11.9. The van der Waals surface area contributed by atoms with Gasteiger partial charge in [-0.15, -0.1) is 0 Å². The second-order valence-corrected chi connectivity index (χ2v) is 9.06. The summed E-state index contributed by atoms with van der Waals surface area (Å²) < 4.78 is 5.43. The van der Waals surface area contributed by atoms with Crippen LogP contribution in [0.4, 0.5) is 11.4 Å². The van der Waals surface area contributed by atoms with Gasteiger partial charge in [-0.3, -0.25) is 9.59 Å². The Morgan fingerprint density at radius 3 is 2.24 bits per heavy atom. The lowest BCUT2D eigenvalue weighted by Gasteiger charge is -2.35. The van der Waals surface area contributed by atoms with E-state index in [-0.39, 0.29) is 17.7 Å². The molecule has 0 spiro atoms. The summed E-state index contributed by atoms with van der Waals surface area (Å²) in [5.74, 6) is 0.140. The molecule has 1 aliphatic heterocycles. The van der Waals surface area contributed by atoms with Gasteiger partial charge in [0, 0.05) is 43.1 Å². The Labute approximate surface area is 203 Å². The Bertz CT molecular complexity index is 966. The predicted octanol–water partition coefficient (Wildman–Crippen LogP) is 3.93. The van der Waals surface area contributed by atoms with Gasteiger partial charge < -0.3 is 25.2 Å². The highest BCUT2D eigenvalue weighted by molar-refractivity contribution is 6.01. The van der Waals surface area contributed by atoms with Crippen LogP contribution in [0.3, 0.4) is 0 Å². The smallest absolute Gasteiger partial charge is 0.251 e. The molecule has 7 nitrogen and oxygen atoms in total. The van der Waals surface area contributed by atoms with Crippen molar-refractivity contribution in [3.63, 3.8) is 0 Å². The summed E-state index contributed by atoms with van der Waals surface area (Å²) in [5.41, 5.74) is 3.44. The van der Waals surface area contributed by atoms with E-state index in [0.717, 1.165) is 44.0 Å². The molecule has 184 valence electrons. The first-order chi connectivity index (χ1) is 16.3. The van der Waals surface area contributed by atoms with Crippen LogP contribution in [0.15, 0.2) is 42.5 Å². The number of piperazine rings is 1. The minimum Gasteiger partial charge on any atom is -0.494 e. The summed E-state index contributed by atoms with van der Waals surface area (Å²) in [6.45, 7) is 15.8. The molecular weight excluding hydrogens is 428 g/mol. The molecule has 0 radical (unpaired) electrons. The summed E-state index contributed by atoms with van der Waals surface area (Å²) >= 11 is 0. The van der Waals surface area contributed by atoms with Gasteiger partial charge in [-0.25, -0.2) is 0 Å². The second-order valence-electron chi connectivity index (χ2n) is 9.06. The minimum atomic E-state index is -0.653. The van der Waals surface area contributed by atoms with Crippen LogP contribution in [0.25, 0.3) is 0 Å². The summed E-state index contributed by atoms with van der Waals surface area (Å²) in [5, 5.41) is 5.91. The van der Waals surface area contributed by atoms with Crippen LogP contribution in [0.2, 0.25) is 0 Å². The van der Waals surface area contributed by atoms with E-state index < -0.39 is 6.04 Å². The number of benzene rings is 2. The Morgan fingerprint density at radius 1 is 1.00 bits per heavy atom. The molecule has 1 fully saturated rings. The van der Waals surface area contributed by atoms with Gasteiger partial charge in [-0.05, 0) is 74.3 Å². The lowest BCUT2D eigenvalue weighted by molar-refractivity contribution is -0.118. The molecule has 1 atom stereocenters. The van der Waals surface area contributed by atoms with Gasteiger partial charge in [-0.2, -0.15) is 0 Å². The lowest BCUT2D eigenvalue weighted by atomic mass is 10.0. The molecule has 3 rings (SSSR count). The van der Waals surface area contributed by atoms with E-state index in [1.54, 1.807) is 24.3 Å². The number of nitrogens with zero attached hydrogens (tertiary/aromatic N) is 2. The maximum Gasteiger partial charge on any atom is 0.251 e. The van der Waals surface area contributed by atoms with Crippen LogP contribution in [0.1, 0.15) is 43.6 Å². The molecule has 2 aromatic rings. The Morgan fingerprint density at radius 2 is 1.68 bits per heavy atom. The zero-order chi connectivity index (χ0) is 24.7. The fourth-order valence-corrected chi connectivity index (χ4v) is 4.15. The monoisotopic (exact) mass is 466 g/mol. The molecule has 0 aliphatic carbocycles. The number of anilines is 2. The highest BCUT2D eigenvalue weighted by Crippen LogP contribution is 2.24. The quantitative estimate of drug-likeness (QED) is 0.586. The van der Waals surface area contributed by atoms with E-state index in [9.17, 15) is 9.59 Å². The van der Waals surface area contributed by atoms with Crippen molar-refractivity contribution in [2.45, 2.75) is 40.7 Å². The van der Waals surface area contributed by atoms with Gasteiger partial charge in [-0.1, -0.05) is 20.8 Å². The number of nitrogens with one attached hydrogen (secondary N) is 2. The highest BCUT2D eigenvalue weighted by Gasteiger charge is 2.25. The molecule has 34 heavy (non-hydrogen) atoms. The van der Waals surface area contributed by atoms with E-state index >= 15 is 0 Å². The van der Waals surface area contributed by atoms with Crippen LogP contribution in [-0.2, 0) is 4.79 Å². The zero-order valence-corrected chi connectivity index (χ0v) is 21.1. The topological polar surface area (TPSA) is 73.9 Å². The average Bonchev–Trinajstić information content (AvgIpc) is 2.84. The number of amides is 2. The third-order valence-electron chi connectivity index (χ3n) is 6.32. The average molecular weight is 467 g/mol. The molecular formula is C27H38N4O3. The predicted molar refractivity (Wildman–Crippen MR) is 138 cm³/mol. The molecule has 0 aromatic heterocycles. The summed E-state index contributed by atoms with van der Waals surface area (Å²) in [6, 6.07) is 12.4.